The number of nitrogens with zero attached hydrogens (tertiary/aromatic N) is 3. The van der Waals surface area contributed by atoms with Crippen LogP contribution in [0.15, 0.2) is 48.5 Å². The quantitative estimate of drug-likeness (QED) is 0.629. The molecule has 1 saturated heterocycles. The summed E-state index contributed by atoms with van der Waals surface area (Å²) >= 11 is 0. The van der Waals surface area contributed by atoms with Gasteiger partial charge in [0.2, 0.25) is 0 Å². The minimum absolute atomic E-state index is 0.00637. The smallest absolute Gasteiger partial charge is 0.293 e. The van der Waals surface area contributed by atoms with E-state index in [1.807, 2.05) is 24.3 Å². The number of hydrogen-bond donors (Lipinski definition) is 0. The van der Waals surface area contributed by atoms with Crippen molar-refractivity contribution < 1.29 is 4.92 Å². The van der Waals surface area contributed by atoms with Crippen LogP contribution in [0.25, 0.3) is 0 Å². The molecule has 1 atom stereocenters. The molecule has 1 heterocycles. The molecule has 0 saturated carbocycles. The number of rotatable bonds is 3. The van der Waals surface area contributed by atoms with Gasteiger partial charge in [-0.05, 0) is 37.0 Å². The van der Waals surface area contributed by atoms with Gasteiger partial charge in [0, 0.05) is 12.6 Å². The van der Waals surface area contributed by atoms with E-state index in [1.165, 1.54) is 11.6 Å². The van der Waals surface area contributed by atoms with Crippen LogP contribution in [0.5, 0.6) is 0 Å². The minimum Gasteiger partial charge on any atom is -0.359 e. The van der Waals surface area contributed by atoms with E-state index in [4.69, 9.17) is 5.26 Å². The van der Waals surface area contributed by atoms with E-state index in [9.17, 15) is 10.1 Å². The molecule has 1 aliphatic heterocycles. The minimum atomic E-state index is -0.396. The molecule has 0 aromatic heterocycles. The Balaban J connectivity index is 2.05. The van der Waals surface area contributed by atoms with Gasteiger partial charge in [0.1, 0.15) is 5.69 Å². The lowest BCUT2D eigenvalue weighted by atomic mass is 9.94. The second kappa shape index (κ2) is 6.49. The molecule has 1 fully saturated rings. The first-order chi connectivity index (χ1) is 11.2. The maximum absolute atomic E-state index is 11.4. The Morgan fingerprint density at radius 1 is 1.17 bits per heavy atom. The van der Waals surface area contributed by atoms with Crippen molar-refractivity contribution in [1.29, 1.82) is 5.26 Å². The van der Waals surface area contributed by atoms with E-state index < -0.39 is 4.92 Å². The van der Waals surface area contributed by atoms with Crippen molar-refractivity contribution in [1.82, 2.24) is 0 Å². The van der Waals surface area contributed by atoms with Crippen molar-refractivity contribution in [2.45, 2.75) is 25.3 Å². The van der Waals surface area contributed by atoms with Gasteiger partial charge in [0.25, 0.3) is 5.69 Å². The molecule has 2 aromatic rings. The van der Waals surface area contributed by atoms with E-state index in [-0.39, 0.29) is 11.7 Å². The number of nitro groups is 1. The van der Waals surface area contributed by atoms with Crippen LogP contribution in [0.1, 0.15) is 36.4 Å². The number of piperidine rings is 1. The summed E-state index contributed by atoms with van der Waals surface area (Å²) in [6.07, 6.45) is 3.10. The Morgan fingerprint density at radius 2 is 1.96 bits per heavy atom. The highest BCUT2D eigenvalue weighted by Crippen LogP contribution is 2.39. The molecule has 0 amide bonds. The fourth-order valence-electron chi connectivity index (χ4n) is 3.22. The second-order valence-corrected chi connectivity index (χ2v) is 5.69. The highest BCUT2D eigenvalue weighted by atomic mass is 16.6. The van der Waals surface area contributed by atoms with Crippen molar-refractivity contribution in [2.75, 3.05) is 11.4 Å². The predicted octanol–water partition coefficient (Wildman–Crippen LogP) is 4.20. The molecule has 1 aliphatic rings. The average Bonchev–Trinajstić information content (AvgIpc) is 2.62. The number of nitro benzene ring substituents is 1. The first-order valence-electron chi connectivity index (χ1n) is 7.71. The summed E-state index contributed by atoms with van der Waals surface area (Å²) in [7, 11) is 0. The SMILES string of the molecule is N#Cc1ccc(N2CCCC[C@@H]2c2ccccc2)c([N+](=O)[O-])c1. The van der Waals surface area contributed by atoms with Gasteiger partial charge in [-0.2, -0.15) is 5.26 Å². The van der Waals surface area contributed by atoms with Crippen LogP contribution in [0.4, 0.5) is 11.4 Å². The maximum Gasteiger partial charge on any atom is 0.293 e. The fourth-order valence-corrected chi connectivity index (χ4v) is 3.22. The number of anilines is 1. The number of benzene rings is 2. The number of hydrogen-bond acceptors (Lipinski definition) is 4. The Labute approximate surface area is 134 Å². The molecule has 0 radical (unpaired) electrons. The lowest BCUT2D eigenvalue weighted by Gasteiger charge is -2.37. The zero-order valence-electron chi connectivity index (χ0n) is 12.7. The van der Waals surface area contributed by atoms with Crippen LogP contribution in [0, 0.1) is 21.4 Å². The Bertz CT molecular complexity index is 753. The molecular weight excluding hydrogens is 290 g/mol. The number of nitriles is 1. The summed E-state index contributed by atoms with van der Waals surface area (Å²) < 4.78 is 0. The van der Waals surface area contributed by atoms with Gasteiger partial charge in [-0.1, -0.05) is 30.3 Å². The standard InChI is InChI=1S/C18H17N3O2/c19-13-14-9-10-17(18(12-14)21(22)23)20-11-5-4-8-16(20)15-6-2-1-3-7-15/h1-3,6-7,9-10,12,16H,4-5,8,11H2/t16-/m1/s1. The fraction of sp³-hybridized carbons (Fsp3) is 0.278. The zero-order valence-corrected chi connectivity index (χ0v) is 12.7. The Kier molecular flexibility index (Phi) is 4.24. The van der Waals surface area contributed by atoms with Crippen LogP contribution in [-0.2, 0) is 0 Å². The molecule has 0 aliphatic carbocycles. The molecule has 0 bridgehead atoms. The molecule has 0 spiro atoms. The first-order valence-corrected chi connectivity index (χ1v) is 7.71. The van der Waals surface area contributed by atoms with Crippen molar-refractivity contribution in [2.24, 2.45) is 0 Å². The van der Waals surface area contributed by atoms with Crippen molar-refractivity contribution in [3.8, 4) is 6.07 Å². The van der Waals surface area contributed by atoms with Gasteiger partial charge in [-0.25, -0.2) is 0 Å². The molecule has 0 unspecified atom stereocenters. The van der Waals surface area contributed by atoms with E-state index >= 15 is 0 Å². The third-order valence-electron chi connectivity index (χ3n) is 4.30. The van der Waals surface area contributed by atoms with Crippen molar-refractivity contribution in [3.63, 3.8) is 0 Å². The Morgan fingerprint density at radius 3 is 2.65 bits per heavy atom. The van der Waals surface area contributed by atoms with E-state index in [2.05, 4.69) is 17.0 Å². The molecule has 116 valence electrons. The summed E-state index contributed by atoms with van der Waals surface area (Å²) in [5.74, 6) is 0. The van der Waals surface area contributed by atoms with Crippen LogP contribution < -0.4 is 4.90 Å². The summed E-state index contributed by atoms with van der Waals surface area (Å²) in [6, 6.07) is 16.9. The highest BCUT2D eigenvalue weighted by molar-refractivity contribution is 5.66. The normalized spacial score (nSPS) is 17.5. The topological polar surface area (TPSA) is 70.2 Å². The van der Waals surface area contributed by atoms with E-state index in [0.29, 0.717) is 11.3 Å². The molecule has 0 N–H and O–H groups in total. The van der Waals surface area contributed by atoms with Crippen molar-refractivity contribution >= 4 is 11.4 Å². The molecule has 3 rings (SSSR count). The first kappa shape index (κ1) is 15.0. The second-order valence-electron chi connectivity index (χ2n) is 5.69. The monoisotopic (exact) mass is 307 g/mol. The summed E-state index contributed by atoms with van der Waals surface area (Å²) in [5, 5.41) is 20.4. The third-order valence-corrected chi connectivity index (χ3v) is 4.30. The molecule has 5 nitrogen and oxygen atoms in total. The van der Waals surface area contributed by atoms with Crippen LogP contribution >= 0.6 is 0 Å². The van der Waals surface area contributed by atoms with Gasteiger partial charge in [-0.3, -0.25) is 10.1 Å². The van der Waals surface area contributed by atoms with Gasteiger partial charge in [0.15, 0.2) is 0 Å². The van der Waals surface area contributed by atoms with Gasteiger partial charge >= 0.3 is 0 Å². The third kappa shape index (κ3) is 3.02. The summed E-state index contributed by atoms with van der Waals surface area (Å²) in [6.45, 7) is 0.784. The molecular formula is C18H17N3O2. The van der Waals surface area contributed by atoms with Crippen molar-refractivity contribution in [3.05, 3.63) is 69.8 Å². The molecule has 5 heteroatoms. The van der Waals surface area contributed by atoms with Crippen LogP contribution in [0.3, 0.4) is 0 Å². The molecule has 2 aromatic carbocycles. The largest absolute Gasteiger partial charge is 0.359 e. The van der Waals surface area contributed by atoms with E-state index in [0.717, 1.165) is 25.8 Å². The lowest BCUT2D eigenvalue weighted by molar-refractivity contribution is -0.384. The predicted molar refractivity (Wildman–Crippen MR) is 88.2 cm³/mol. The van der Waals surface area contributed by atoms with Gasteiger partial charge in [0.05, 0.1) is 22.6 Å². The van der Waals surface area contributed by atoms with Crippen LogP contribution in [0.2, 0.25) is 0 Å². The average molecular weight is 307 g/mol. The Hall–Kier alpha value is -2.87. The lowest BCUT2D eigenvalue weighted by Crippen LogP contribution is -2.33. The summed E-state index contributed by atoms with van der Waals surface area (Å²) in [5.41, 5.74) is 2.09. The van der Waals surface area contributed by atoms with Gasteiger partial charge in [-0.15, -0.1) is 0 Å². The van der Waals surface area contributed by atoms with E-state index in [1.54, 1.807) is 12.1 Å². The summed E-state index contributed by atoms with van der Waals surface area (Å²) in [4.78, 5) is 13.2. The maximum atomic E-state index is 11.4. The molecule has 23 heavy (non-hydrogen) atoms. The zero-order chi connectivity index (χ0) is 16.2. The van der Waals surface area contributed by atoms with Crippen LogP contribution in [-0.4, -0.2) is 11.5 Å². The highest BCUT2D eigenvalue weighted by Gasteiger charge is 2.29. The van der Waals surface area contributed by atoms with Gasteiger partial charge < -0.3 is 4.90 Å².